The minimum atomic E-state index is -0.0668. The Bertz CT molecular complexity index is 1340. The molecule has 1 fully saturated rings. The van der Waals surface area contributed by atoms with E-state index in [4.69, 9.17) is 14.5 Å². The van der Waals surface area contributed by atoms with Gasteiger partial charge in [0, 0.05) is 17.5 Å². The van der Waals surface area contributed by atoms with Gasteiger partial charge in [0.15, 0.2) is 11.5 Å². The molecule has 6 nitrogen and oxygen atoms in total. The van der Waals surface area contributed by atoms with Crippen molar-refractivity contribution in [1.82, 2.24) is 14.9 Å². The molecule has 1 saturated carbocycles. The van der Waals surface area contributed by atoms with Crippen LogP contribution in [0.1, 0.15) is 37.1 Å². The second-order valence-electron chi connectivity index (χ2n) is 8.74. The maximum Gasteiger partial charge on any atom is 0.259 e. The second kappa shape index (κ2) is 8.65. The van der Waals surface area contributed by atoms with Crippen LogP contribution in [0.5, 0.6) is 11.5 Å². The fraction of sp³-hybridized carbons (Fsp3) is 0.308. The Morgan fingerprint density at radius 2 is 1.82 bits per heavy atom. The van der Waals surface area contributed by atoms with Gasteiger partial charge in [-0.3, -0.25) is 9.69 Å². The van der Waals surface area contributed by atoms with Gasteiger partial charge in [0.25, 0.3) is 5.56 Å². The number of aromatic nitrogens is 2. The molecule has 33 heavy (non-hydrogen) atoms. The zero-order valence-corrected chi connectivity index (χ0v) is 19.1. The lowest BCUT2D eigenvalue weighted by atomic mass is 10.1. The first-order chi connectivity index (χ1) is 16.2. The fourth-order valence-corrected chi connectivity index (χ4v) is 5.90. The first-order valence-corrected chi connectivity index (χ1v) is 12.3. The molecule has 0 unspecified atom stereocenters. The summed E-state index contributed by atoms with van der Waals surface area (Å²) in [6, 6.07) is 18.7. The van der Waals surface area contributed by atoms with Crippen LogP contribution < -0.4 is 15.0 Å². The summed E-state index contributed by atoms with van der Waals surface area (Å²) in [7, 11) is 0. The SMILES string of the molecule is O=c1[nH]c(CN(Cc2ccc3c(c2)OCO3)C2CCCC2)nc2sc(-c3ccccc3)cc12. The van der Waals surface area contributed by atoms with Gasteiger partial charge in [-0.2, -0.15) is 0 Å². The number of ether oxygens (including phenoxy) is 2. The van der Waals surface area contributed by atoms with Gasteiger partial charge in [-0.05, 0) is 42.2 Å². The number of fused-ring (bicyclic) bond motifs is 2. The molecule has 168 valence electrons. The van der Waals surface area contributed by atoms with E-state index in [1.165, 1.54) is 31.2 Å². The monoisotopic (exact) mass is 459 g/mol. The van der Waals surface area contributed by atoms with Gasteiger partial charge in [0.2, 0.25) is 6.79 Å². The number of hydrogen-bond donors (Lipinski definition) is 1. The molecule has 0 spiro atoms. The third-order valence-corrected chi connectivity index (χ3v) is 7.60. The van der Waals surface area contributed by atoms with Crippen molar-refractivity contribution in [2.75, 3.05) is 6.79 Å². The largest absolute Gasteiger partial charge is 0.454 e. The summed E-state index contributed by atoms with van der Waals surface area (Å²) in [6.07, 6.45) is 4.84. The van der Waals surface area contributed by atoms with E-state index in [0.29, 0.717) is 18.0 Å². The predicted octanol–water partition coefficient (Wildman–Crippen LogP) is 5.33. The van der Waals surface area contributed by atoms with Gasteiger partial charge in [0.05, 0.1) is 11.9 Å². The van der Waals surface area contributed by atoms with E-state index in [9.17, 15) is 4.79 Å². The number of nitrogens with zero attached hydrogens (tertiary/aromatic N) is 2. The smallest absolute Gasteiger partial charge is 0.259 e. The first kappa shape index (κ1) is 20.4. The molecule has 7 heteroatoms. The second-order valence-corrected chi connectivity index (χ2v) is 9.77. The third kappa shape index (κ3) is 4.14. The van der Waals surface area contributed by atoms with E-state index in [0.717, 1.165) is 39.1 Å². The molecule has 0 radical (unpaired) electrons. The Hall–Kier alpha value is -3.16. The topological polar surface area (TPSA) is 67.5 Å². The van der Waals surface area contributed by atoms with Crippen LogP contribution in [0.3, 0.4) is 0 Å². The van der Waals surface area contributed by atoms with E-state index >= 15 is 0 Å². The summed E-state index contributed by atoms with van der Waals surface area (Å²) in [4.78, 5) is 25.1. The molecule has 6 rings (SSSR count). The van der Waals surface area contributed by atoms with E-state index in [1.54, 1.807) is 11.3 Å². The van der Waals surface area contributed by atoms with Gasteiger partial charge in [-0.25, -0.2) is 4.98 Å². The van der Waals surface area contributed by atoms with Crippen molar-refractivity contribution in [2.24, 2.45) is 0 Å². The van der Waals surface area contributed by atoms with Gasteiger partial charge in [0.1, 0.15) is 10.7 Å². The molecule has 0 bridgehead atoms. The molecule has 1 aliphatic heterocycles. The summed E-state index contributed by atoms with van der Waals surface area (Å²) >= 11 is 1.58. The van der Waals surface area contributed by atoms with Gasteiger partial charge >= 0.3 is 0 Å². The molecular weight excluding hydrogens is 434 g/mol. The Balaban J connectivity index is 1.30. The lowest BCUT2D eigenvalue weighted by molar-refractivity contribution is 0.172. The van der Waals surface area contributed by atoms with Crippen molar-refractivity contribution in [3.8, 4) is 21.9 Å². The molecule has 0 amide bonds. The number of nitrogens with one attached hydrogen (secondary N) is 1. The molecule has 1 aliphatic carbocycles. The summed E-state index contributed by atoms with van der Waals surface area (Å²) in [5.74, 6) is 2.33. The Kier molecular flexibility index (Phi) is 5.36. The van der Waals surface area contributed by atoms with Crippen LogP contribution in [0.25, 0.3) is 20.7 Å². The number of benzene rings is 2. The average molecular weight is 460 g/mol. The third-order valence-electron chi connectivity index (χ3n) is 6.53. The van der Waals surface area contributed by atoms with E-state index in [1.807, 2.05) is 30.3 Å². The van der Waals surface area contributed by atoms with Crippen molar-refractivity contribution in [3.63, 3.8) is 0 Å². The van der Waals surface area contributed by atoms with Crippen LogP contribution in [-0.2, 0) is 13.1 Å². The van der Waals surface area contributed by atoms with Crippen LogP contribution in [0.4, 0.5) is 0 Å². The summed E-state index contributed by atoms with van der Waals surface area (Å²) in [6.45, 7) is 1.67. The van der Waals surface area contributed by atoms with Crippen molar-refractivity contribution in [3.05, 3.63) is 76.3 Å². The molecule has 0 saturated heterocycles. The zero-order chi connectivity index (χ0) is 22.2. The van der Waals surface area contributed by atoms with Gasteiger partial charge < -0.3 is 14.5 Å². The lowest BCUT2D eigenvalue weighted by Gasteiger charge is -2.28. The zero-order valence-electron chi connectivity index (χ0n) is 18.3. The fourth-order valence-electron chi connectivity index (χ4n) is 4.85. The lowest BCUT2D eigenvalue weighted by Crippen LogP contribution is -2.33. The minimum absolute atomic E-state index is 0.0668. The molecule has 0 atom stereocenters. The summed E-state index contributed by atoms with van der Waals surface area (Å²) in [5.41, 5.74) is 2.22. The highest BCUT2D eigenvalue weighted by Crippen LogP contribution is 2.34. The molecular formula is C26H25N3O3S. The molecule has 3 heterocycles. The summed E-state index contributed by atoms with van der Waals surface area (Å²) in [5, 5.41) is 0.658. The van der Waals surface area contributed by atoms with Crippen LogP contribution in [0.15, 0.2) is 59.4 Å². The Labute approximate surface area is 195 Å². The highest BCUT2D eigenvalue weighted by Gasteiger charge is 2.25. The van der Waals surface area contributed by atoms with Crippen molar-refractivity contribution >= 4 is 21.6 Å². The number of aromatic amines is 1. The van der Waals surface area contributed by atoms with Crippen molar-refractivity contribution < 1.29 is 9.47 Å². The number of thiophene rings is 1. The maximum absolute atomic E-state index is 12.9. The maximum atomic E-state index is 12.9. The Morgan fingerprint density at radius 1 is 1.00 bits per heavy atom. The highest BCUT2D eigenvalue weighted by molar-refractivity contribution is 7.21. The molecule has 2 aromatic heterocycles. The molecule has 2 aromatic carbocycles. The van der Waals surface area contributed by atoms with Crippen LogP contribution >= 0.6 is 11.3 Å². The van der Waals surface area contributed by atoms with E-state index in [-0.39, 0.29) is 12.4 Å². The average Bonchev–Trinajstić information content (AvgIpc) is 3.59. The van der Waals surface area contributed by atoms with Crippen LogP contribution in [0.2, 0.25) is 0 Å². The number of rotatable bonds is 6. The first-order valence-electron chi connectivity index (χ1n) is 11.4. The van der Waals surface area contributed by atoms with Gasteiger partial charge in [-0.1, -0.05) is 49.2 Å². The normalized spacial score (nSPS) is 15.7. The quantitative estimate of drug-likeness (QED) is 0.422. The number of hydrogen-bond acceptors (Lipinski definition) is 6. The van der Waals surface area contributed by atoms with Crippen LogP contribution in [0, 0.1) is 0 Å². The van der Waals surface area contributed by atoms with Crippen molar-refractivity contribution in [2.45, 2.75) is 44.8 Å². The minimum Gasteiger partial charge on any atom is -0.454 e. The van der Waals surface area contributed by atoms with E-state index < -0.39 is 0 Å². The Morgan fingerprint density at radius 3 is 2.67 bits per heavy atom. The highest BCUT2D eigenvalue weighted by atomic mass is 32.1. The molecule has 1 N–H and O–H groups in total. The summed E-state index contributed by atoms with van der Waals surface area (Å²) < 4.78 is 11.0. The molecule has 2 aliphatic rings. The van der Waals surface area contributed by atoms with Gasteiger partial charge in [-0.15, -0.1) is 11.3 Å². The van der Waals surface area contributed by atoms with Crippen LogP contribution in [-0.4, -0.2) is 27.7 Å². The van der Waals surface area contributed by atoms with E-state index in [2.05, 4.69) is 34.1 Å². The molecule has 4 aromatic rings. The standard InChI is InChI=1S/C26H25N3O3S/c30-25-20-13-23(18-6-2-1-3-7-18)33-26(20)28-24(27-25)15-29(19-8-4-5-9-19)14-17-10-11-21-22(12-17)32-16-31-21/h1-3,6-7,10-13,19H,4-5,8-9,14-16H2,(H,27,28,30). The van der Waals surface area contributed by atoms with Crippen molar-refractivity contribution in [1.29, 1.82) is 0 Å². The predicted molar refractivity (Wildman–Crippen MR) is 130 cm³/mol. The number of H-pyrrole nitrogens is 1.